The molecule has 0 bridgehead atoms. The number of hydrogen-bond donors (Lipinski definition) is 0. The number of aromatic nitrogens is 1. The van der Waals surface area contributed by atoms with Crippen LogP contribution in [0, 0.1) is 25.2 Å². The number of ether oxygens (including phenoxy) is 1. The molecule has 0 saturated carbocycles. The van der Waals surface area contributed by atoms with E-state index in [0.717, 1.165) is 16.7 Å². The highest BCUT2D eigenvalue weighted by Gasteiger charge is 2.13. The molecule has 0 aliphatic carbocycles. The van der Waals surface area contributed by atoms with Gasteiger partial charge in [-0.2, -0.15) is 5.26 Å². The lowest BCUT2D eigenvalue weighted by Gasteiger charge is -2.12. The van der Waals surface area contributed by atoms with Crippen LogP contribution in [0.2, 0.25) is 0 Å². The highest BCUT2D eigenvalue weighted by Crippen LogP contribution is 2.33. The molecular formula is C15H14N2O. The Bertz CT molecular complexity index is 627. The van der Waals surface area contributed by atoms with Gasteiger partial charge in [-0.15, -0.1) is 0 Å². The number of nitriles is 1. The maximum absolute atomic E-state index is 9.06. The summed E-state index contributed by atoms with van der Waals surface area (Å²) in [6.45, 7) is 4.10. The van der Waals surface area contributed by atoms with Crippen LogP contribution in [0.15, 0.2) is 30.6 Å². The molecular weight excluding hydrogens is 224 g/mol. The van der Waals surface area contributed by atoms with E-state index in [1.807, 2.05) is 19.1 Å². The first-order valence-electron chi connectivity index (χ1n) is 5.67. The van der Waals surface area contributed by atoms with E-state index >= 15 is 0 Å². The molecule has 0 amide bonds. The molecule has 0 aliphatic heterocycles. The van der Waals surface area contributed by atoms with Gasteiger partial charge in [-0.3, -0.25) is 4.98 Å². The van der Waals surface area contributed by atoms with Crippen molar-refractivity contribution in [2.75, 3.05) is 7.11 Å². The fraction of sp³-hybridized carbons (Fsp3) is 0.200. The highest BCUT2D eigenvalue weighted by molar-refractivity contribution is 5.75. The second-order valence-corrected chi connectivity index (χ2v) is 4.20. The van der Waals surface area contributed by atoms with Crippen molar-refractivity contribution in [1.29, 1.82) is 5.26 Å². The van der Waals surface area contributed by atoms with Crippen molar-refractivity contribution < 1.29 is 4.74 Å². The lowest BCUT2D eigenvalue weighted by molar-refractivity contribution is 0.414. The van der Waals surface area contributed by atoms with Crippen molar-refractivity contribution in [2.45, 2.75) is 13.8 Å². The van der Waals surface area contributed by atoms with Crippen molar-refractivity contribution in [3.63, 3.8) is 0 Å². The Morgan fingerprint density at radius 3 is 2.56 bits per heavy atom. The predicted octanol–water partition coefficient (Wildman–Crippen LogP) is 3.25. The second kappa shape index (κ2) is 4.89. The van der Waals surface area contributed by atoms with Crippen LogP contribution in [0.3, 0.4) is 0 Å². The van der Waals surface area contributed by atoms with Crippen LogP contribution in [0.1, 0.15) is 16.7 Å². The van der Waals surface area contributed by atoms with Crippen LogP contribution in [-0.2, 0) is 0 Å². The number of aryl methyl sites for hydroxylation is 2. The molecule has 0 saturated heterocycles. The molecule has 0 unspecified atom stereocenters. The van der Waals surface area contributed by atoms with Gasteiger partial charge < -0.3 is 4.74 Å². The average Bonchev–Trinajstić information content (AvgIpc) is 2.37. The number of benzene rings is 1. The van der Waals surface area contributed by atoms with E-state index in [4.69, 9.17) is 10.00 Å². The van der Waals surface area contributed by atoms with Crippen molar-refractivity contribution in [3.05, 3.63) is 47.3 Å². The van der Waals surface area contributed by atoms with Gasteiger partial charge in [0.2, 0.25) is 0 Å². The second-order valence-electron chi connectivity index (χ2n) is 4.20. The Labute approximate surface area is 107 Å². The van der Waals surface area contributed by atoms with Crippen LogP contribution in [0.25, 0.3) is 11.1 Å². The Hall–Kier alpha value is -2.34. The van der Waals surface area contributed by atoms with Gasteiger partial charge in [-0.05, 0) is 25.0 Å². The third-order valence-corrected chi connectivity index (χ3v) is 2.89. The molecule has 0 N–H and O–H groups in total. The Morgan fingerprint density at radius 1 is 1.17 bits per heavy atom. The molecule has 0 radical (unpaired) electrons. The maximum atomic E-state index is 9.06. The fourth-order valence-electron chi connectivity index (χ4n) is 2.06. The van der Waals surface area contributed by atoms with Crippen molar-refractivity contribution in [2.24, 2.45) is 0 Å². The zero-order chi connectivity index (χ0) is 13.1. The first-order chi connectivity index (χ1) is 8.67. The smallest absolute Gasteiger partial charge is 0.147 e. The number of pyridine rings is 1. The summed E-state index contributed by atoms with van der Waals surface area (Å²) in [4.78, 5) is 4.10. The highest BCUT2D eigenvalue weighted by atomic mass is 16.5. The minimum Gasteiger partial charge on any atom is -0.495 e. The van der Waals surface area contributed by atoms with Gasteiger partial charge in [0.05, 0.1) is 7.11 Å². The lowest BCUT2D eigenvalue weighted by atomic mass is 9.98. The largest absolute Gasteiger partial charge is 0.495 e. The zero-order valence-corrected chi connectivity index (χ0v) is 10.7. The van der Waals surface area contributed by atoms with Gasteiger partial charge in [0.15, 0.2) is 0 Å². The van der Waals surface area contributed by atoms with E-state index < -0.39 is 0 Å². The zero-order valence-electron chi connectivity index (χ0n) is 10.7. The Kier molecular flexibility index (Phi) is 3.29. The third-order valence-electron chi connectivity index (χ3n) is 2.89. The number of rotatable bonds is 2. The molecule has 1 heterocycles. The molecule has 18 heavy (non-hydrogen) atoms. The summed E-state index contributed by atoms with van der Waals surface area (Å²) in [5.41, 5.74) is 4.70. The van der Waals surface area contributed by atoms with Gasteiger partial charge in [0, 0.05) is 18.0 Å². The molecule has 2 rings (SSSR count). The SMILES string of the molecule is COc1c(C#N)cncc1-c1ccc(C)cc1C. The van der Waals surface area contributed by atoms with Crippen LogP contribution in [0.5, 0.6) is 5.75 Å². The summed E-state index contributed by atoms with van der Waals surface area (Å²) >= 11 is 0. The molecule has 3 heteroatoms. The quantitative estimate of drug-likeness (QED) is 0.806. The number of hydrogen-bond acceptors (Lipinski definition) is 3. The molecule has 0 atom stereocenters. The summed E-state index contributed by atoms with van der Waals surface area (Å²) in [5, 5.41) is 9.06. The van der Waals surface area contributed by atoms with Gasteiger partial charge in [0.1, 0.15) is 17.4 Å². The summed E-state index contributed by atoms with van der Waals surface area (Å²) in [7, 11) is 1.57. The third kappa shape index (κ3) is 2.05. The van der Waals surface area contributed by atoms with E-state index in [0.29, 0.717) is 11.3 Å². The molecule has 0 spiro atoms. The van der Waals surface area contributed by atoms with E-state index in [2.05, 4.69) is 24.0 Å². The molecule has 1 aromatic carbocycles. The van der Waals surface area contributed by atoms with Gasteiger partial charge in [-0.1, -0.05) is 23.8 Å². The molecule has 90 valence electrons. The van der Waals surface area contributed by atoms with Crippen molar-refractivity contribution in [3.8, 4) is 22.9 Å². The topological polar surface area (TPSA) is 45.9 Å². The van der Waals surface area contributed by atoms with E-state index in [-0.39, 0.29) is 0 Å². The van der Waals surface area contributed by atoms with Crippen molar-refractivity contribution in [1.82, 2.24) is 4.98 Å². The van der Waals surface area contributed by atoms with Gasteiger partial charge in [0.25, 0.3) is 0 Å². The lowest BCUT2D eigenvalue weighted by Crippen LogP contribution is -1.95. The molecule has 3 nitrogen and oxygen atoms in total. The summed E-state index contributed by atoms with van der Waals surface area (Å²) < 4.78 is 5.34. The van der Waals surface area contributed by atoms with Crippen LogP contribution >= 0.6 is 0 Å². The maximum Gasteiger partial charge on any atom is 0.147 e. The average molecular weight is 238 g/mol. The van der Waals surface area contributed by atoms with E-state index in [9.17, 15) is 0 Å². The molecule has 0 aliphatic rings. The van der Waals surface area contributed by atoms with Gasteiger partial charge in [-0.25, -0.2) is 0 Å². The monoisotopic (exact) mass is 238 g/mol. The summed E-state index contributed by atoms with van der Waals surface area (Å²) in [5.74, 6) is 0.583. The normalized spacial score (nSPS) is 9.89. The molecule has 1 aromatic heterocycles. The van der Waals surface area contributed by atoms with Gasteiger partial charge >= 0.3 is 0 Å². The van der Waals surface area contributed by atoms with Crippen LogP contribution < -0.4 is 4.74 Å². The number of nitrogens with zero attached hydrogens (tertiary/aromatic N) is 2. The number of methoxy groups -OCH3 is 1. The first-order valence-corrected chi connectivity index (χ1v) is 5.67. The van der Waals surface area contributed by atoms with Crippen LogP contribution in [0.4, 0.5) is 0 Å². The van der Waals surface area contributed by atoms with Crippen molar-refractivity contribution >= 4 is 0 Å². The summed E-state index contributed by atoms with van der Waals surface area (Å²) in [6.07, 6.45) is 3.25. The molecule has 0 fully saturated rings. The van der Waals surface area contributed by atoms with Crippen LogP contribution in [-0.4, -0.2) is 12.1 Å². The fourth-order valence-corrected chi connectivity index (χ4v) is 2.06. The van der Waals surface area contributed by atoms with E-state index in [1.54, 1.807) is 13.3 Å². The summed E-state index contributed by atoms with van der Waals surface area (Å²) in [6, 6.07) is 8.28. The van der Waals surface area contributed by atoms with E-state index in [1.165, 1.54) is 11.8 Å². The minimum atomic E-state index is 0.454. The molecule has 2 aromatic rings. The predicted molar refractivity (Wildman–Crippen MR) is 70.4 cm³/mol. The Balaban J connectivity index is 2.68. The first kappa shape index (κ1) is 12.1. The Morgan fingerprint density at radius 2 is 1.94 bits per heavy atom. The standard InChI is InChI=1S/C15H14N2O/c1-10-4-5-13(11(2)6-10)14-9-17-8-12(7-16)15(14)18-3/h4-6,8-9H,1-3H3. The minimum absolute atomic E-state index is 0.454.